The average Bonchev–Trinajstić information content (AvgIpc) is 3.11. The first-order valence-corrected chi connectivity index (χ1v) is 6.74. The molecule has 0 saturated heterocycles. The Balaban J connectivity index is 2.63. The fourth-order valence-corrected chi connectivity index (χ4v) is 2.40. The van der Waals surface area contributed by atoms with Gasteiger partial charge in [-0.3, -0.25) is 9.69 Å². The lowest BCUT2D eigenvalue weighted by atomic mass is 10.1. The molecular formula is C13H26N2O2. The fourth-order valence-electron chi connectivity index (χ4n) is 2.40. The van der Waals surface area contributed by atoms with E-state index in [-0.39, 0.29) is 12.0 Å². The van der Waals surface area contributed by atoms with E-state index in [2.05, 4.69) is 11.8 Å². The summed E-state index contributed by atoms with van der Waals surface area (Å²) < 4.78 is 5.15. The first-order valence-electron chi connectivity index (χ1n) is 6.74. The minimum absolute atomic E-state index is 0.101. The fraction of sp³-hybridized carbons (Fsp3) is 0.923. The van der Waals surface area contributed by atoms with Gasteiger partial charge in [-0.2, -0.15) is 0 Å². The summed E-state index contributed by atoms with van der Waals surface area (Å²) in [4.78, 5) is 14.1. The predicted molar refractivity (Wildman–Crippen MR) is 68.7 cm³/mol. The normalized spacial score (nSPS) is 19.1. The van der Waals surface area contributed by atoms with Crippen molar-refractivity contribution in [2.75, 3.05) is 20.2 Å². The van der Waals surface area contributed by atoms with Crippen molar-refractivity contribution in [1.82, 2.24) is 4.90 Å². The van der Waals surface area contributed by atoms with Gasteiger partial charge in [0, 0.05) is 12.6 Å². The van der Waals surface area contributed by atoms with Crippen molar-refractivity contribution >= 4 is 5.97 Å². The van der Waals surface area contributed by atoms with Crippen molar-refractivity contribution in [2.45, 2.75) is 51.6 Å². The molecule has 0 spiro atoms. The predicted octanol–water partition coefficient (Wildman–Crippen LogP) is 1.39. The number of carbonyl (C=O) groups excluding carboxylic acids is 1. The molecule has 0 aromatic rings. The third-order valence-corrected chi connectivity index (χ3v) is 3.54. The van der Waals surface area contributed by atoms with Crippen LogP contribution in [0.15, 0.2) is 0 Å². The molecular weight excluding hydrogens is 216 g/mol. The molecule has 0 radical (unpaired) electrons. The Bertz CT molecular complexity index is 242. The van der Waals surface area contributed by atoms with Gasteiger partial charge in [0.25, 0.3) is 0 Å². The summed E-state index contributed by atoms with van der Waals surface area (Å²) in [6, 6.07) is 0.199. The lowest BCUT2D eigenvalue weighted by Crippen LogP contribution is -2.49. The quantitative estimate of drug-likeness (QED) is 0.653. The van der Waals surface area contributed by atoms with E-state index >= 15 is 0 Å². The van der Waals surface area contributed by atoms with E-state index in [1.807, 2.05) is 14.0 Å². The largest absolute Gasteiger partial charge is 0.465 e. The molecule has 1 aliphatic rings. The van der Waals surface area contributed by atoms with Gasteiger partial charge in [0.2, 0.25) is 0 Å². The Morgan fingerprint density at radius 3 is 2.53 bits per heavy atom. The van der Waals surface area contributed by atoms with Crippen LogP contribution in [0.3, 0.4) is 0 Å². The number of rotatable bonds is 8. The first kappa shape index (κ1) is 14.5. The number of hydrogen-bond acceptors (Lipinski definition) is 4. The Morgan fingerprint density at radius 1 is 1.47 bits per heavy atom. The van der Waals surface area contributed by atoms with Gasteiger partial charge < -0.3 is 10.5 Å². The highest BCUT2D eigenvalue weighted by atomic mass is 16.5. The Kier molecular flexibility index (Phi) is 5.92. The maximum atomic E-state index is 11.9. The number of esters is 1. The van der Waals surface area contributed by atoms with Gasteiger partial charge in [-0.25, -0.2) is 0 Å². The van der Waals surface area contributed by atoms with Crippen molar-refractivity contribution in [2.24, 2.45) is 11.7 Å². The highest BCUT2D eigenvalue weighted by molar-refractivity contribution is 5.75. The summed E-state index contributed by atoms with van der Waals surface area (Å²) in [5.74, 6) is 0.578. The van der Waals surface area contributed by atoms with Gasteiger partial charge in [0.1, 0.15) is 6.04 Å². The van der Waals surface area contributed by atoms with Crippen LogP contribution in [0.5, 0.6) is 0 Å². The molecule has 0 aromatic heterocycles. The molecule has 100 valence electrons. The summed E-state index contributed by atoms with van der Waals surface area (Å²) in [6.07, 6.45) is 4.32. The van der Waals surface area contributed by atoms with Crippen molar-refractivity contribution in [1.29, 1.82) is 0 Å². The number of ether oxygens (including phenoxy) is 1. The van der Waals surface area contributed by atoms with E-state index < -0.39 is 0 Å². The van der Waals surface area contributed by atoms with Crippen LogP contribution < -0.4 is 5.73 Å². The van der Waals surface area contributed by atoms with Crippen molar-refractivity contribution in [3.63, 3.8) is 0 Å². The smallest absolute Gasteiger partial charge is 0.323 e. The van der Waals surface area contributed by atoms with Crippen LogP contribution in [-0.2, 0) is 9.53 Å². The van der Waals surface area contributed by atoms with Gasteiger partial charge in [-0.1, -0.05) is 13.3 Å². The Morgan fingerprint density at radius 2 is 2.12 bits per heavy atom. The molecule has 4 nitrogen and oxygen atoms in total. The molecule has 0 aliphatic heterocycles. The van der Waals surface area contributed by atoms with E-state index in [0.29, 0.717) is 25.1 Å². The van der Waals surface area contributed by atoms with Crippen molar-refractivity contribution in [3.05, 3.63) is 0 Å². The molecule has 0 bridgehead atoms. The topological polar surface area (TPSA) is 55.6 Å². The van der Waals surface area contributed by atoms with E-state index in [0.717, 1.165) is 12.8 Å². The second kappa shape index (κ2) is 6.97. The zero-order chi connectivity index (χ0) is 12.8. The van der Waals surface area contributed by atoms with Crippen LogP contribution in [0, 0.1) is 5.92 Å². The van der Waals surface area contributed by atoms with Gasteiger partial charge in [-0.05, 0) is 39.2 Å². The zero-order valence-electron chi connectivity index (χ0n) is 11.3. The van der Waals surface area contributed by atoms with Crippen LogP contribution in [0.2, 0.25) is 0 Å². The summed E-state index contributed by atoms with van der Waals surface area (Å²) in [7, 11) is 2.01. The second-order valence-electron chi connectivity index (χ2n) is 4.86. The molecule has 1 aliphatic carbocycles. The van der Waals surface area contributed by atoms with E-state index in [9.17, 15) is 4.79 Å². The van der Waals surface area contributed by atoms with Gasteiger partial charge in [0.05, 0.1) is 6.61 Å². The molecule has 2 unspecified atom stereocenters. The molecule has 4 heteroatoms. The Labute approximate surface area is 104 Å². The number of nitrogens with zero attached hydrogens (tertiary/aromatic N) is 1. The number of likely N-dealkylation sites (N-methyl/N-ethyl adjacent to an activating group) is 1. The molecule has 1 fully saturated rings. The maximum absolute atomic E-state index is 11.9. The summed E-state index contributed by atoms with van der Waals surface area (Å²) in [6.45, 7) is 5.02. The minimum Gasteiger partial charge on any atom is -0.465 e. The maximum Gasteiger partial charge on any atom is 0.323 e. The molecule has 1 rings (SSSR count). The van der Waals surface area contributed by atoms with Crippen LogP contribution >= 0.6 is 0 Å². The van der Waals surface area contributed by atoms with E-state index in [1.54, 1.807) is 0 Å². The van der Waals surface area contributed by atoms with E-state index in [4.69, 9.17) is 10.5 Å². The third-order valence-electron chi connectivity index (χ3n) is 3.54. The lowest BCUT2D eigenvalue weighted by Gasteiger charge is -2.33. The number of carbonyl (C=O) groups is 1. The zero-order valence-corrected chi connectivity index (χ0v) is 11.3. The van der Waals surface area contributed by atoms with Crippen LogP contribution in [0.4, 0.5) is 0 Å². The van der Waals surface area contributed by atoms with Gasteiger partial charge in [-0.15, -0.1) is 0 Å². The second-order valence-corrected chi connectivity index (χ2v) is 4.86. The summed E-state index contributed by atoms with van der Waals surface area (Å²) >= 11 is 0. The van der Waals surface area contributed by atoms with Crippen LogP contribution in [0.25, 0.3) is 0 Å². The molecule has 0 aromatic carbocycles. The average molecular weight is 242 g/mol. The van der Waals surface area contributed by atoms with Crippen LogP contribution in [-0.4, -0.2) is 43.2 Å². The number of hydrogen-bond donors (Lipinski definition) is 1. The summed E-state index contributed by atoms with van der Waals surface area (Å²) in [5, 5.41) is 0. The third kappa shape index (κ3) is 3.96. The molecule has 0 amide bonds. The summed E-state index contributed by atoms with van der Waals surface area (Å²) in [5.41, 5.74) is 5.83. The monoisotopic (exact) mass is 242 g/mol. The van der Waals surface area contributed by atoms with Crippen LogP contribution in [0.1, 0.15) is 39.5 Å². The molecule has 2 N–H and O–H groups in total. The minimum atomic E-state index is -0.130. The van der Waals surface area contributed by atoms with Crippen molar-refractivity contribution < 1.29 is 9.53 Å². The Hall–Kier alpha value is -0.610. The van der Waals surface area contributed by atoms with Gasteiger partial charge in [0.15, 0.2) is 0 Å². The molecule has 2 atom stereocenters. The molecule has 17 heavy (non-hydrogen) atoms. The molecule has 0 heterocycles. The van der Waals surface area contributed by atoms with E-state index in [1.165, 1.54) is 12.8 Å². The standard InChI is InChI=1S/C13H26N2O2/c1-4-6-11(13(16)17-5-2)15(3)12(9-14)10-7-8-10/h10-12H,4-9,14H2,1-3H3. The first-order chi connectivity index (χ1) is 8.15. The van der Waals surface area contributed by atoms with Gasteiger partial charge >= 0.3 is 5.97 Å². The number of nitrogens with two attached hydrogens (primary N) is 1. The SMILES string of the molecule is CCCC(C(=O)OCC)N(C)C(CN)C1CC1. The highest BCUT2D eigenvalue weighted by Crippen LogP contribution is 2.35. The lowest BCUT2D eigenvalue weighted by molar-refractivity contribution is -0.150. The molecule has 1 saturated carbocycles. The highest BCUT2D eigenvalue weighted by Gasteiger charge is 2.37. The van der Waals surface area contributed by atoms with Crippen molar-refractivity contribution in [3.8, 4) is 0 Å².